The lowest BCUT2D eigenvalue weighted by Gasteiger charge is -2.08. The van der Waals surface area contributed by atoms with Crippen LogP contribution in [0.4, 0.5) is 5.69 Å². The number of thioether (sulfide) groups is 1. The van der Waals surface area contributed by atoms with Gasteiger partial charge in [0.15, 0.2) is 0 Å². The highest BCUT2D eigenvalue weighted by molar-refractivity contribution is 8.00. The number of ether oxygens (including phenoxy) is 1. The highest BCUT2D eigenvalue weighted by Crippen LogP contribution is 2.28. The number of aromatic nitrogens is 2. The molecule has 2 heterocycles. The summed E-state index contributed by atoms with van der Waals surface area (Å²) in [6.45, 7) is 1.96. The first kappa shape index (κ1) is 19.2. The van der Waals surface area contributed by atoms with Crippen molar-refractivity contribution in [1.29, 1.82) is 5.26 Å². The van der Waals surface area contributed by atoms with Gasteiger partial charge < -0.3 is 10.1 Å². The quantitative estimate of drug-likeness (QED) is 0.468. The van der Waals surface area contributed by atoms with Gasteiger partial charge in [0.05, 0.1) is 39.2 Å². The summed E-state index contributed by atoms with van der Waals surface area (Å²) < 4.78 is 6.32. The molecule has 0 aliphatic rings. The number of pyridine rings is 1. The number of nitriles is 1. The molecular formula is C21H16N4O2S2. The Morgan fingerprint density at radius 1 is 1.21 bits per heavy atom. The number of hydrogen-bond acceptors (Lipinski definition) is 7. The second-order valence-corrected chi connectivity index (χ2v) is 8.46. The average Bonchev–Trinajstić information content (AvgIpc) is 3.10. The number of amides is 1. The number of methoxy groups -OCH3 is 1. The standard InChI is InChI=1S/C21H16N4O2S2/c1-12-23-18-8-15(4-6-19(18)29-12)24-20(26)11-28-21-14(10-22)7-13-3-5-16(27-2)9-17(13)25-21/h3-9H,11H2,1-2H3,(H,24,26). The summed E-state index contributed by atoms with van der Waals surface area (Å²) in [6, 6.07) is 15.1. The van der Waals surface area contributed by atoms with Crippen LogP contribution in [0.3, 0.4) is 0 Å². The van der Waals surface area contributed by atoms with Gasteiger partial charge >= 0.3 is 0 Å². The van der Waals surface area contributed by atoms with Crippen LogP contribution in [0.5, 0.6) is 5.75 Å². The van der Waals surface area contributed by atoms with E-state index in [-0.39, 0.29) is 11.7 Å². The molecule has 0 aliphatic carbocycles. The molecule has 144 valence electrons. The van der Waals surface area contributed by atoms with Crippen molar-refractivity contribution in [2.75, 3.05) is 18.2 Å². The predicted octanol–water partition coefficient (Wildman–Crippen LogP) is 4.76. The van der Waals surface area contributed by atoms with E-state index in [0.717, 1.165) is 26.1 Å². The van der Waals surface area contributed by atoms with Crippen LogP contribution in [0, 0.1) is 18.3 Å². The van der Waals surface area contributed by atoms with E-state index in [4.69, 9.17) is 4.74 Å². The number of hydrogen-bond donors (Lipinski definition) is 1. The van der Waals surface area contributed by atoms with E-state index < -0.39 is 0 Å². The van der Waals surface area contributed by atoms with Gasteiger partial charge in [0.2, 0.25) is 5.91 Å². The lowest BCUT2D eigenvalue weighted by atomic mass is 10.1. The molecule has 4 rings (SSSR count). The maximum Gasteiger partial charge on any atom is 0.234 e. The van der Waals surface area contributed by atoms with Crippen LogP contribution < -0.4 is 10.1 Å². The van der Waals surface area contributed by atoms with E-state index >= 15 is 0 Å². The number of carbonyl (C=O) groups excluding carboxylic acids is 1. The smallest absolute Gasteiger partial charge is 0.234 e. The predicted molar refractivity (Wildman–Crippen MR) is 117 cm³/mol. The van der Waals surface area contributed by atoms with Crippen LogP contribution in [0.2, 0.25) is 0 Å². The number of rotatable bonds is 5. The van der Waals surface area contributed by atoms with Crippen LogP contribution >= 0.6 is 23.1 Å². The third-order valence-electron chi connectivity index (χ3n) is 4.23. The lowest BCUT2D eigenvalue weighted by Crippen LogP contribution is -2.14. The molecule has 29 heavy (non-hydrogen) atoms. The molecule has 8 heteroatoms. The summed E-state index contributed by atoms with van der Waals surface area (Å²) in [5.74, 6) is 0.666. The van der Waals surface area contributed by atoms with Gasteiger partial charge in [-0.25, -0.2) is 9.97 Å². The van der Waals surface area contributed by atoms with Crippen LogP contribution in [-0.4, -0.2) is 28.7 Å². The van der Waals surface area contributed by atoms with E-state index in [1.807, 2.05) is 43.3 Å². The Morgan fingerprint density at radius 3 is 2.86 bits per heavy atom. The van der Waals surface area contributed by atoms with Gasteiger partial charge in [-0.2, -0.15) is 5.26 Å². The fourth-order valence-corrected chi connectivity index (χ4v) is 4.47. The van der Waals surface area contributed by atoms with Crippen molar-refractivity contribution < 1.29 is 9.53 Å². The van der Waals surface area contributed by atoms with Gasteiger partial charge in [-0.3, -0.25) is 4.79 Å². The number of carbonyl (C=O) groups is 1. The minimum Gasteiger partial charge on any atom is -0.497 e. The fraction of sp³-hybridized carbons (Fsp3) is 0.143. The summed E-state index contributed by atoms with van der Waals surface area (Å²) in [5.41, 5.74) is 2.73. The zero-order chi connectivity index (χ0) is 20.4. The molecule has 6 nitrogen and oxygen atoms in total. The van der Waals surface area contributed by atoms with Crippen molar-refractivity contribution in [3.8, 4) is 11.8 Å². The van der Waals surface area contributed by atoms with Crippen molar-refractivity contribution >= 4 is 55.8 Å². The Hall–Kier alpha value is -3.15. The molecule has 0 bridgehead atoms. The molecular weight excluding hydrogens is 404 g/mol. The van der Waals surface area contributed by atoms with E-state index in [1.165, 1.54) is 11.8 Å². The summed E-state index contributed by atoms with van der Waals surface area (Å²) in [5, 5.41) is 14.7. The van der Waals surface area contributed by atoms with Crippen molar-refractivity contribution in [2.24, 2.45) is 0 Å². The van der Waals surface area contributed by atoms with Gasteiger partial charge in [0, 0.05) is 17.1 Å². The number of thiazole rings is 1. The van der Waals surface area contributed by atoms with Crippen LogP contribution in [-0.2, 0) is 4.79 Å². The number of aryl methyl sites for hydroxylation is 1. The average molecular weight is 421 g/mol. The van der Waals surface area contributed by atoms with Gasteiger partial charge in [-0.1, -0.05) is 11.8 Å². The second kappa shape index (κ2) is 8.07. The van der Waals surface area contributed by atoms with Crippen molar-refractivity contribution in [3.63, 3.8) is 0 Å². The lowest BCUT2D eigenvalue weighted by molar-refractivity contribution is -0.113. The van der Waals surface area contributed by atoms with Crippen LogP contribution in [0.25, 0.3) is 21.1 Å². The molecule has 1 N–H and O–H groups in total. The molecule has 0 unspecified atom stereocenters. The molecule has 2 aromatic carbocycles. The fourth-order valence-electron chi connectivity index (χ4n) is 2.90. The zero-order valence-corrected chi connectivity index (χ0v) is 17.4. The molecule has 0 radical (unpaired) electrons. The van der Waals surface area contributed by atoms with Crippen LogP contribution in [0.15, 0.2) is 47.5 Å². The molecule has 4 aromatic rings. The first-order chi connectivity index (χ1) is 14.1. The van der Waals surface area contributed by atoms with E-state index in [9.17, 15) is 10.1 Å². The molecule has 1 amide bonds. The van der Waals surface area contributed by atoms with E-state index in [2.05, 4.69) is 21.4 Å². The topological polar surface area (TPSA) is 87.9 Å². The van der Waals surface area contributed by atoms with Gasteiger partial charge in [0.25, 0.3) is 0 Å². The summed E-state index contributed by atoms with van der Waals surface area (Å²) in [6.07, 6.45) is 0. The number of nitrogens with one attached hydrogen (secondary N) is 1. The minimum absolute atomic E-state index is 0.144. The minimum atomic E-state index is -0.169. The first-order valence-electron chi connectivity index (χ1n) is 8.74. The third-order valence-corrected chi connectivity index (χ3v) is 6.17. The van der Waals surface area contributed by atoms with E-state index in [0.29, 0.717) is 22.0 Å². The summed E-state index contributed by atoms with van der Waals surface area (Å²) in [7, 11) is 1.59. The maximum absolute atomic E-state index is 12.4. The largest absolute Gasteiger partial charge is 0.497 e. The highest BCUT2D eigenvalue weighted by atomic mass is 32.2. The first-order valence-corrected chi connectivity index (χ1v) is 10.5. The number of nitrogens with zero attached hydrogens (tertiary/aromatic N) is 3. The zero-order valence-electron chi connectivity index (χ0n) is 15.7. The molecule has 2 aromatic heterocycles. The SMILES string of the molecule is COc1ccc2cc(C#N)c(SCC(=O)Nc3ccc4sc(C)nc4c3)nc2c1. The molecule has 0 saturated heterocycles. The number of fused-ring (bicyclic) bond motifs is 2. The highest BCUT2D eigenvalue weighted by Gasteiger charge is 2.12. The molecule has 0 spiro atoms. The molecule has 0 aliphatic heterocycles. The maximum atomic E-state index is 12.4. The Balaban J connectivity index is 1.50. The molecule has 0 saturated carbocycles. The van der Waals surface area contributed by atoms with Gasteiger partial charge in [-0.15, -0.1) is 11.3 Å². The molecule has 0 fully saturated rings. The third kappa shape index (κ3) is 4.16. The Morgan fingerprint density at radius 2 is 2.07 bits per heavy atom. The normalized spacial score (nSPS) is 10.8. The molecule has 0 atom stereocenters. The number of benzene rings is 2. The Bertz CT molecular complexity index is 1280. The summed E-state index contributed by atoms with van der Waals surface area (Å²) in [4.78, 5) is 21.4. The summed E-state index contributed by atoms with van der Waals surface area (Å²) >= 11 is 2.85. The van der Waals surface area contributed by atoms with Gasteiger partial charge in [-0.05, 0) is 43.3 Å². The Labute approximate surface area is 175 Å². The van der Waals surface area contributed by atoms with Gasteiger partial charge in [0.1, 0.15) is 16.8 Å². The second-order valence-electron chi connectivity index (χ2n) is 6.26. The number of anilines is 1. The monoisotopic (exact) mass is 420 g/mol. The van der Waals surface area contributed by atoms with Crippen molar-refractivity contribution in [3.05, 3.63) is 53.0 Å². The van der Waals surface area contributed by atoms with Crippen molar-refractivity contribution in [2.45, 2.75) is 11.9 Å². The Kier molecular flexibility index (Phi) is 5.34. The van der Waals surface area contributed by atoms with E-state index in [1.54, 1.807) is 24.5 Å². The van der Waals surface area contributed by atoms with Crippen molar-refractivity contribution in [1.82, 2.24) is 9.97 Å². The van der Waals surface area contributed by atoms with Crippen LogP contribution in [0.1, 0.15) is 10.6 Å².